The van der Waals surface area contributed by atoms with E-state index in [1.165, 1.54) is 0 Å². The predicted molar refractivity (Wildman–Crippen MR) is 120 cm³/mol. The lowest BCUT2D eigenvalue weighted by atomic mass is 10.0. The van der Waals surface area contributed by atoms with Crippen LogP contribution in [0.1, 0.15) is 22.7 Å². The number of hydrogen-bond acceptors (Lipinski definition) is 4. The maximum absolute atomic E-state index is 13.4. The molecule has 0 spiro atoms. The molecule has 1 N–H and O–H groups in total. The summed E-state index contributed by atoms with van der Waals surface area (Å²) in [5.41, 5.74) is 3.70. The molecule has 0 radical (unpaired) electrons. The fourth-order valence-electron chi connectivity index (χ4n) is 3.51. The number of carbonyl (C=O) groups is 1. The number of likely N-dealkylation sites (N-methyl/N-ethyl adjacent to an activating group) is 1. The van der Waals surface area contributed by atoms with Gasteiger partial charge < -0.3 is 14.8 Å². The van der Waals surface area contributed by atoms with Crippen LogP contribution < -0.4 is 14.8 Å². The molecule has 0 aromatic heterocycles. The van der Waals surface area contributed by atoms with E-state index in [0.29, 0.717) is 18.0 Å². The molecule has 5 heteroatoms. The predicted octanol–water partition coefficient (Wildman–Crippen LogP) is 4.82. The van der Waals surface area contributed by atoms with Crippen LogP contribution in [-0.4, -0.2) is 32.1 Å². The van der Waals surface area contributed by atoms with Gasteiger partial charge in [-0.2, -0.15) is 0 Å². The zero-order valence-electron chi connectivity index (χ0n) is 17.9. The second kappa shape index (κ2) is 9.94. The lowest BCUT2D eigenvalue weighted by Crippen LogP contribution is -2.34. The number of hydrogen-bond donors (Lipinski definition) is 1. The number of carbonyl (C=O) groups excluding carboxylic acids is 1. The van der Waals surface area contributed by atoms with Crippen molar-refractivity contribution in [2.24, 2.45) is 0 Å². The van der Waals surface area contributed by atoms with Gasteiger partial charge >= 0.3 is 0 Å². The first-order valence-electron chi connectivity index (χ1n) is 9.85. The molecule has 1 unspecified atom stereocenters. The Morgan fingerprint density at radius 2 is 1.73 bits per heavy atom. The molecule has 0 aliphatic heterocycles. The summed E-state index contributed by atoms with van der Waals surface area (Å²) < 4.78 is 10.8. The van der Waals surface area contributed by atoms with Crippen LogP contribution in [0.25, 0.3) is 0 Å². The smallest absolute Gasteiger partial charge is 0.246 e. The molecule has 5 nitrogen and oxygen atoms in total. The minimum absolute atomic E-state index is 0.115. The molecule has 30 heavy (non-hydrogen) atoms. The molecule has 3 rings (SSSR count). The molecule has 1 atom stereocenters. The Morgan fingerprint density at radius 3 is 2.43 bits per heavy atom. The zero-order valence-corrected chi connectivity index (χ0v) is 17.9. The van der Waals surface area contributed by atoms with Gasteiger partial charge in [-0.15, -0.1) is 0 Å². The molecule has 0 aliphatic rings. The second-order valence-electron chi connectivity index (χ2n) is 7.27. The van der Waals surface area contributed by atoms with Gasteiger partial charge in [-0.3, -0.25) is 9.69 Å². The maximum Gasteiger partial charge on any atom is 0.246 e. The highest BCUT2D eigenvalue weighted by atomic mass is 16.5. The molecule has 0 aliphatic carbocycles. The highest BCUT2D eigenvalue weighted by molar-refractivity contribution is 5.96. The van der Waals surface area contributed by atoms with Crippen molar-refractivity contribution in [2.75, 3.05) is 26.6 Å². The summed E-state index contributed by atoms with van der Waals surface area (Å²) in [7, 11) is 5.20. The Labute approximate surface area is 178 Å². The van der Waals surface area contributed by atoms with E-state index in [9.17, 15) is 4.79 Å². The number of nitrogens with one attached hydrogen (secondary N) is 1. The third kappa shape index (κ3) is 5.19. The van der Waals surface area contributed by atoms with E-state index in [0.717, 1.165) is 22.4 Å². The van der Waals surface area contributed by atoms with Crippen molar-refractivity contribution < 1.29 is 14.3 Å². The van der Waals surface area contributed by atoms with Crippen LogP contribution >= 0.6 is 0 Å². The van der Waals surface area contributed by atoms with Crippen molar-refractivity contribution >= 4 is 11.6 Å². The lowest BCUT2D eigenvalue weighted by Gasteiger charge is -2.28. The van der Waals surface area contributed by atoms with Crippen molar-refractivity contribution in [1.82, 2.24) is 4.90 Å². The van der Waals surface area contributed by atoms with Gasteiger partial charge in [0.25, 0.3) is 0 Å². The van der Waals surface area contributed by atoms with Crippen LogP contribution in [0.5, 0.6) is 11.5 Å². The molecule has 3 aromatic rings. The van der Waals surface area contributed by atoms with E-state index in [4.69, 9.17) is 9.47 Å². The Hall–Kier alpha value is -3.31. The largest absolute Gasteiger partial charge is 0.497 e. The van der Waals surface area contributed by atoms with Crippen LogP contribution in [0.3, 0.4) is 0 Å². The quantitative estimate of drug-likeness (QED) is 0.585. The van der Waals surface area contributed by atoms with Gasteiger partial charge in [0.2, 0.25) is 5.91 Å². The van der Waals surface area contributed by atoms with Crippen molar-refractivity contribution in [3.05, 3.63) is 89.5 Å². The second-order valence-corrected chi connectivity index (χ2v) is 7.27. The normalized spacial score (nSPS) is 11.8. The molecule has 0 saturated heterocycles. The van der Waals surface area contributed by atoms with Gasteiger partial charge in [-0.1, -0.05) is 48.5 Å². The molecule has 0 bridgehead atoms. The first kappa shape index (κ1) is 21.4. The van der Waals surface area contributed by atoms with Crippen molar-refractivity contribution in [3.8, 4) is 11.5 Å². The number of anilines is 1. The minimum atomic E-state index is -0.470. The third-order valence-corrected chi connectivity index (χ3v) is 4.98. The molecule has 1 amide bonds. The van der Waals surface area contributed by atoms with Crippen LogP contribution in [0.4, 0.5) is 5.69 Å². The number of benzene rings is 3. The Bertz CT molecular complexity index is 989. The van der Waals surface area contributed by atoms with E-state index < -0.39 is 6.04 Å². The fourth-order valence-corrected chi connectivity index (χ4v) is 3.51. The van der Waals surface area contributed by atoms with Gasteiger partial charge in [0, 0.05) is 6.54 Å². The van der Waals surface area contributed by atoms with Crippen LogP contribution in [0.15, 0.2) is 72.8 Å². The summed E-state index contributed by atoms with van der Waals surface area (Å²) in [6.45, 7) is 2.58. The Morgan fingerprint density at radius 1 is 0.967 bits per heavy atom. The minimum Gasteiger partial charge on any atom is -0.497 e. The van der Waals surface area contributed by atoms with Crippen molar-refractivity contribution in [3.63, 3.8) is 0 Å². The summed E-state index contributed by atoms with van der Waals surface area (Å²) >= 11 is 0. The van der Waals surface area contributed by atoms with Crippen LogP contribution in [0, 0.1) is 6.92 Å². The van der Waals surface area contributed by atoms with Gasteiger partial charge in [0.1, 0.15) is 17.5 Å². The Kier molecular flexibility index (Phi) is 7.09. The summed E-state index contributed by atoms with van der Waals surface area (Å²) in [6, 6.07) is 22.9. The molecule has 3 aromatic carbocycles. The number of ether oxygens (including phenoxy) is 2. The molecule has 0 saturated carbocycles. The summed E-state index contributed by atoms with van der Waals surface area (Å²) in [4.78, 5) is 15.4. The number of nitrogens with zero attached hydrogens (tertiary/aromatic N) is 1. The third-order valence-electron chi connectivity index (χ3n) is 4.98. The maximum atomic E-state index is 13.4. The lowest BCUT2D eigenvalue weighted by molar-refractivity contribution is -0.121. The fraction of sp³-hybridized carbons (Fsp3) is 0.240. The average molecular weight is 405 g/mol. The van der Waals surface area contributed by atoms with Gasteiger partial charge in [0.15, 0.2) is 0 Å². The van der Waals surface area contributed by atoms with E-state index in [-0.39, 0.29) is 5.91 Å². The standard InChI is InChI=1S/C25H28N2O3/c1-18-13-14-23(30-4)22(15-18)26-25(28)24(20-10-6-5-7-11-20)27(2)17-19-9-8-12-21(16-19)29-3/h5-16,24H,17H2,1-4H3,(H,26,28). The highest BCUT2D eigenvalue weighted by Gasteiger charge is 2.26. The number of aryl methyl sites for hydroxylation is 1. The summed E-state index contributed by atoms with van der Waals surface area (Å²) in [5.74, 6) is 1.32. The van der Waals surface area contributed by atoms with E-state index in [1.54, 1.807) is 14.2 Å². The van der Waals surface area contributed by atoms with E-state index in [2.05, 4.69) is 5.32 Å². The molecular weight excluding hydrogens is 376 g/mol. The first-order chi connectivity index (χ1) is 14.5. The van der Waals surface area contributed by atoms with Crippen molar-refractivity contribution in [1.29, 1.82) is 0 Å². The van der Waals surface area contributed by atoms with Gasteiger partial charge in [0.05, 0.1) is 19.9 Å². The number of methoxy groups -OCH3 is 2. The number of amides is 1. The molecule has 0 heterocycles. The molecular formula is C25H28N2O3. The van der Waals surface area contributed by atoms with Crippen LogP contribution in [-0.2, 0) is 11.3 Å². The summed E-state index contributed by atoms with van der Waals surface area (Å²) in [5, 5.41) is 3.06. The zero-order chi connectivity index (χ0) is 21.5. The van der Waals surface area contributed by atoms with Gasteiger partial charge in [-0.25, -0.2) is 0 Å². The van der Waals surface area contributed by atoms with Gasteiger partial charge in [-0.05, 0) is 54.9 Å². The average Bonchev–Trinajstić information content (AvgIpc) is 2.75. The highest BCUT2D eigenvalue weighted by Crippen LogP contribution is 2.29. The SMILES string of the molecule is COc1cccc(CN(C)C(C(=O)Nc2cc(C)ccc2OC)c2ccccc2)c1. The Balaban J connectivity index is 1.89. The first-order valence-corrected chi connectivity index (χ1v) is 9.85. The van der Waals surface area contributed by atoms with Crippen LogP contribution in [0.2, 0.25) is 0 Å². The molecule has 156 valence electrons. The molecule has 0 fully saturated rings. The summed E-state index contributed by atoms with van der Waals surface area (Å²) in [6.07, 6.45) is 0. The number of rotatable bonds is 8. The van der Waals surface area contributed by atoms with Crippen molar-refractivity contribution in [2.45, 2.75) is 19.5 Å². The topological polar surface area (TPSA) is 50.8 Å². The monoisotopic (exact) mass is 404 g/mol. The van der Waals surface area contributed by atoms with E-state index in [1.807, 2.05) is 91.7 Å². The van der Waals surface area contributed by atoms with E-state index >= 15 is 0 Å².